The van der Waals surface area contributed by atoms with Crippen LogP contribution in [0, 0.1) is 5.41 Å². The highest BCUT2D eigenvalue weighted by Crippen LogP contribution is 2.31. The van der Waals surface area contributed by atoms with Gasteiger partial charge in [-0.2, -0.15) is 0 Å². The number of hydrogen-bond donors (Lipinski definition) is 0. The summed E-state index contributed by atoms with van der Waals surface area (Å²) in [7, 11) is 0. The first-order valence-corrected chi connectivity index (χ1v) is 8.06. The van der Waals surface area contributed by atoms with Crippen LogP contribution in [0.5, 0.6) is 0 Å². The third kappa shape index (κ3) is 3.83. The average molecular weight is 310 g/mol. The minimum atomic E-state index is 0.549. The standard InChI is InChI=1S/C16H24BrN/c1-16(2)8-10-18(11-9-16)13-15(12-17)14-6-4-3-5-7-14/h3-7,15H,8-13H2,1-2H3. The van der Waals surface area contributed by atoms with Crippen molar-refractivity contribution in [1.82, 2.24) is 4.90 Å². The average Bonchev–Trinajstić information content (AvgIpc) is 2.39. The summed E-state index contributed by atoms with van der Waals surface area (Å²) >= 11 is 3.68. The molecule has 2 heteroatoms. The highest BCUT2D eigenvalue weighted by Gasteiger charge is 2.26. The van der Waals surface area contributed by atoms with E-state index in [1.54, 1.807) is 0 Å². The molecule has 0 spiro atoms. The van der Waals surface area contributed by atoms with Gasteiger partial charge < -0.3 is 4.90 Å². The largest absolute Gasteiger partial charge is 0.303 e. The summed E-state index contributed by atoms with van der Waals surface area (Å²) in [6, 6.07) is 10.9. The maximum Gasteiger partial charge on any atom is 0.0112 e. The lowest BCUT2D eigenvalue weighted by Crippen LogP contribution is -2.39. The lowest BCUT2D eigenvalue weighted by atomic mass is 9.82. The molecule has 0 bridgehead atoms. The van der Waals surface area contributed by atoms with Gasteiger partial charge in [0.1, 0.15) is 0 Å². The molecule has 1 aliphatic heterocycles. The molecule has 1 nitrogen and oxygen atoms in total. The first-order chi connectivity index (χ1) is 8.61. The number of halogens is 1. The summed E-state index contributed by atoms with van der Waals surface area (Å²) in [6.07, 6.45) is 2.66. The molecule has 1 saturated heterocycles. The lowest BCUT2D eigenvalue weighted by molar-refractivity contribution is 0.128. The van der Waals surface area contributed by atoms with E-state index in [9.17, 15) is 0 Å². The van der Waals surface area contributed by atoms with E-state index < -0.39 is 0 Å². The van der Waals surface area contributed by atoms with Gasteiger partial charge >= 0.3 is 0 Å². The minimum absolute atomic E-state index is 0.549. The molecule has 100 valence electrons. The van der Waals surface area contributed by atoms with Crippen LogP contribution in [0.1, 0.15) is 38.2 Å². The van der Waals surface area contributed by atoms with Crippen molar-refractivity contribution >= 4 is 15.9 Å². The summed E-state index contributed by atoms with van der Waals surface area (Å²) in [5, 5.41) is 1.05. The van der Waals surface area contributed by atoms with Crippen LogP contribution in [-0.4, -0.2) is 29.9 Å². The van der Waals surface area contributed by atoms with Crippen LogP contribution in [0.25, 0.3) is 0 Å². The van der Waals surface area contributed by atoms with E-state index in [1.165, 1.54) is 38.0 Å². The van der Waals surface area contributed by atoms with E-state index >= 15 is 0 Å². The van der Waals surface area contributed by atoms with Crippen LogP contribution in [-0.2, 0) is 0 Å². The Labute approximate surface area is 120 Å². The van der Waals surface area contributed by atoms with Crippen LogP contribution < -0.4 is 0 Å². The molecule has 0 saturated carbocycles. The fourth-order valence-corrected chi connectivity index (χ4v) is 3.20. The van der Waals surface area contributed by atoms with E-state index in [4.69, 9.17) is 0 Å². The van der Waals surface area contributed by atoms with Crippen LogP contribution in [0.3, 0.4) is 0 Å². The second-order valence-corrected chi connectivity index (χ2v) is 6.87. The Bertz CT molecular complexity index is 351. The van der Waals surface area contributed by atoms with Crippen molar-refractivity contribution in [2.24, 2.45) is 5.41 Å². The number of likely N-dealkylation sites (tertiary alicyclic amines) is 1. The van der Waals surface area contributed by atoms with Crippen LogP contribution in [0.15, 0.2) is 30.3 Å². The molecule has 18 heavy (non-hydrogen) atoms. The molecule has 0 amide bonds. The number of hydrogen-bond acceptors (Lipinski definition) is 1. The van der Waals surface area contributed by atoms with E-state index in [0.29, 0.717) is 11.3 Å². The molecule has 1 atom stereocenters. The Hall–Kier alpha value is -0.340. The predicted octanol–water partition coefficient (Wildman–Crippen LogP) is 4.29. The molecule has 1 aromatic rings. The monoisotopic (exact) mass is 309 g/mol. The van der Waals surface area contributed by atoms with Gasteiger partial charge in [0.05, 0.1) is 0 Å². The zero-order valence-corrected chi connectivity index (χ0v) is 13.1. The summed E-state index contributed by atoms with van der Waals surface area (Å²) in [5.41, 5.74) is 2.01. The zero-order chi connectivity index (χ0) is 13.0. The van der Waals surface area contributed by atoms with Crippen molar-refractivity contribution in [1.29, 1.82) is 0 Å². The normalized spacial score (nSPS) is 21.7. The highest BCUT2D eigenvalue weighted by atomic mass is 79.9. The molecule has 0 aliphatic carbocycles. The molecular weight excluding hydrogens is 286 g/mol. The second kappa shape index (κ2) is 6.21. The van der Waals surface area contributed by atoms with E-state index in [-0.39, 0.29) is 0 Å². The topological polar surface area (TPSA) is 3.24 Å². The fraction of sp³-hybridized carbons (Fsp3) is 0.625. The van der Waals surface area contributed by atoms with Crippen molar-refractivity contribution in [3.05, 3.63) is 35.9 Å². The smallest absolute Gasteiger partial charge is 0.0112 e. The Morgan fingerprint density at radius 2 is 1.78 bits per heavy atom. The van der Waals surface area contributed by atoms with Gasteiger partial charge in [0.2, 0.25) is 0 Å². The maximum atomic E-state index is 3.68. The summed E-state index contributed by atoms with van der Waals surface area (Å²) in [6.45, 7) is 8.48. The van der Waals surface area contributed by atoms with Gasteiger partial charge in [-0.15, -0.1) is 0 Å². The molecule has 1 aliphatic rings. The van der Waals surface area contributed by atoms with Crippen molar-refractivity contribution < 1.29 is 0 Å². The number of alkyl halides is 1. The molecule has 1 heterocycles. The summed E-state index contributed by atoms with van der Waals surface area (Å²) in [4.78, 5) is 2.63. The van der Waals surface area contributed by atoms with Gasteiger partial charge in [-0.05, 0) is 36.9 Å². The Morgan fingerprint density at radius 3 is 2.33 bits per heavy atom. The lowest BCUT2D eigenvalue weighted by Gasteiger charge is -2.38. The Balaban J connectivity index is 1.92. The van der Waals surface area contributed by atoms with E-state index in [0.717, 1.165) is 5.33 Å². The summed E-state index contributed by atoms with van der Waals surface area (Å²) < 4.78 is 0. The third-order valence-corrected chi connectivity index (χ3v) is 4.93. The molecule has 2 rings (SSSR count). The first kappa shape index (κ1) is 14.1. The third-order valence-electron chi connectivity index (χ3n) is 4.15. The maximum absolute atomic E-state index is 3.68. The van der Waals surface area contributed by atoms with Gasteiger partial charge in [0.25, 0.3) is 0 Å². The molecule has 0 aromatic heterocycles. The number of nitrogens with zero attached hydrogens (tertiary/aromatic N) is 1. The van der Waals surface area contributed by atoms with Crippen LogP contribution in [0.4, 0.5) is 0 Å². The fourth-order valence-electron chi connectivity index (χ4n) is 2.62. The van der Waals surface area contributed by atoms with Crippen molar-refractivity contribution in [2.45, 2.75) is 32.6 Å². The van der Waals surface area contributed by atoms with E-state index in [2.05, 4.69) is 65.0 Å². The number of rotatable bonds is 4. The number of benzene rings is 1. The molecule has 1 unspecified atom stereocenters. The van der Waals surface area contributed by atoms with Crippen molar-refractivity contribution in [3.8, 4) is 0 Å². The molecular formula is C16H24BrN. The summed E-state index contributed by atoms with van der Waals surface area (Å²) in [5.74, 6) is 0.618. The molecule has 1 aromatic carbocycles. The van der Waals surface area contributed by atoms with Gasteiger partial charge in [-0.1, -0.05) is 60.1 Å². The molecule has 0 radical (unpaired) electrons. The zero-order valence-electron chi connectivity index (χ0n) is 11.5. The highest BCUT2D eigenvalue weighted by molar-refractivity contribution is 9.09. The van der Waals surface area contributed by atoms with Crippen molar-refractivity contribution in [3.63, 3.8) is 0 Å². The SMILES string of the molecule is CC1(C)CCN(CC(CBr)c2ccccc2)CC1. The Kier molecular flexibility index (Phi) is 4.85. The van der Waals surface area contributed by atoms with Gasteiger partial charge in [-0.25, -0.2) is 0 Å². The van der Waals surface area contributed by atoms with Crippen LogP contribution >= 0.6 is 15.9 Å². The molecule has 1 fully saturated rings. The number of piperidine rings is 1. The quantitative estimate of drug-likeness (QED) is 0.750. The predicted molar refractivity (Wildman–Crippen MR) is 82.4 cm³/mol. The molecule has 0 N–H and O–H groups in total. The van der Waals surface area contributed by atoms with Gasteiger partial charge in [0.15, 0.2) is 0 Å². The Morgan fingerprint density at radius 1 is 1.17 bits per heavy atom. The van der Waals surface area contributed by atoms with E-state index in [1.807, 2.05) is 0 Å². The minimum Gasteiger partial charge on any atom is -0.303 e. The van der Waals surface area contributed by atoms with Crippen molar-refractivity contribution in [2.75, 3.05) is 25.0 Å². The van der Waals surface area contributed by atoms with Gasteiger partial charge in [0, 0.05) is 17.8 Å². The van der Waals surface area contributed by atoms with Crippen LogP contribution in [0.2, 0.25) is 0 Å². The second-order valence-electron chi connectivity index (χ2n) is 6.23. The van der Waals surface area contributed by atoms with Gasteiger partial charge in [-0.3, -0.25) is 0 Å². The first-order valence-electron chi connectivity index (χ1n) is 6.94.